The fourth-order valence-electron chi connectivity index (χ4n) is 3.64. The summed E-state index contributed by atoms with van der Waals surface area (Å²) in [6.45, 7) is 1.47. The van der Waals surface area contributed by atoms with E-state index in [1.165, 1.54) is 6.42 Å². The molecule has 7 nitrogen and oxygen atoms in total. The summed E-state index contributed by atoms with van der Waals surface area (Å²) in [6.07, 6.45) is 10.6. The van der Waals surface area contributed by atoms with Gasteiger partial charge in [0.15, 0.2) is 0 Å². The number of nitrogens with one attached hydrogen (secondary N) is 1. The van der Waals surface area contributed by atoms with Crippen molar-refractivity contribution in [3.8, 4) is 0 Å². The van der Waals surface area contributed by atoms with E-state index in [4.69, 9.17) is 0 Å². The van der Waals surface area contributed by atoms with E-state index in [1.807, 2.05) is 0 Å². The fourth-order valence-corrected chi connectivity index (χ4v) is 5.03. The molecule has 1 N–H and O–H groups in total. The lowest BCUT2D eigenvalue weighted by Crippen LogP contribution is -2.53. The van der Waals surface area contributed by atoms with Crippen molar-refractivity contribution < 1.29 is 8.42 Å². The van der Waals surface area contributed by atoms with Gasteiger partial charge in [0.05, 0.1) is 0 Å². The predicted molar refractivity (Wildman–Crippen MR) is 94.0 cm³/mol. The Morgan fingerprint density at radius 2 is 1.83 bits per heavy atom. The quantitative estimate of drug-likeness (QED) is 0.869. The van der Waals surface area contributed by atoms with Crippen molar-refractivity contribution in [1.29, 1.82) is 0 Å². The molecule has 1 saturated carbocycles. The lowest BCUT2D eigenvalue weighted by molar-refractivity contribution is 0.280. The van der Waals surface area contributed by atoms with Crippen LogP contribution in [0.5, 0.6) is 0 Å². The maximum Gasteiger partial charge on any atom is 0.279 e. The average molecular weight is 353 g/mol. The Morgan fingerprint density at radius 1 is 1.12 bits per heavy atom. The lowest BCUT2D eigenvalue weighted by atomic mass is 9.96. The molecule has 2 fully saturated rings. The maximum absolute atomic E-state index is 12.7. The Labute approximate surface area is 144 Å². The zero-order valence-electron chi connectivity index (χ0n) is 14.3. The van der Waals surface area contributed by atoms with E-state index >= 15 is 0 Å². The Bertz CT molecular complexity index is 619. The largest absolute Gasteiger partial charge is 0.339 e. The van der Waals surface area contributed by atoms with E-state index in [0.717, 1.165) is 45.1 Å². The minimum atomic E-state index is -3.45. The van der Waals surface area contributed by atoms with Gasteiger partial charge in [0.1, 0.15) is 0 Å². The molecular formula is C16H27N5O2S. The fraction of sp³-hybridized carbons (Fsp3) is 0.750. The van der Waals surface area contributed by atoms with Gasteiger partial charge < -0.3 is 4.90 Å². The Balaban J connectivity index is 1.61. The van der Waals surface area contributed by atoms with Crippen molar-refractivity contribution in [2.45, 2.75) is 57.0 Å². The molecule has 24 heavy (non-hydrogen) atoms. The first-order chi connectivity index (χ1) is 11.6. The zero-order chi connectivity index (χ0) is 17.0. The topological polar surface area (TPSA) is 78.4 Å². The van der Waals surface area contributed by atoms with E-state index in [9.17, 15) is 8.42 Å². The van der Waals surface area contributed by atoms with Crippen LogP contribution in [0.1, 0.15) is 44.9 Å². The Morgan fingerprint density at radius 3 is 2.54 bits per heavy atom. The third kappa shape index (κ3) is 4.23. The van der Waals surface area contributed by atoms with Gasteiger partial charge in [0.25, 0.3) is 10.2 Å². The summed E-state index contributed by atoms with van der Waals surface area (Å²) in [5.74, 6) is 0.669. The normalized spacial score (nSPS) is 23.6. The standard InChI is InChI=1S/C16H27N5O2S/c1-20(15-8-3-2-4-9-15)24(22,23)19-14-7-5-12-21(13-14)16-17-10-6-11-18-16/h6,10-11,14-15,19H,2-5,7-9,12-13H2,1H3/t14-/m0/s1. The minimum Gasteiger partial charge on any atom is -0.339 e. The summed E-state index contributed by atoms with van der Waals surface area (Å²) < 4.78 is 29.9. The summed E-state index contributed by atoms with van der Waals surface area (Å²) in [7, 11) is -1.74. The van der Waals surface area contributed by atoms with Gasteiger partial charge in [-0.05, 0) is 31.7 Å². The highest BCUT2D eigenvalue weighted by molar-refractivity contribution is 7.87. The van der Waals surface area contributed by atoms with Crippen LogP contribution in [0.4, 0.5) is 5.95 Å². The van der Waals surface area contributed by atoms with Gasteiger partial charge in [-0.3, -0.25) is 0 Å². The summed E-state index contributed by atoms with van der Waals surface area (Å²) in [6, 6.07) is 1.82. The number of nitrogens with zero attached hydrogens (tertiary/aromatic N) is 4. The van der Waals surface area contributed by atoms with Crippen LogP contribution in [0, 0.1) is 0 Å². The van der Waals surface area contributed by atoms with Crippen LogP contribution in [0.25, 0.3) is 0 Å². The molecule has 1 aliphatic carbocycles. The maximum atomic E-state index is 12.7. The molecule has 1 aliphatic heterocycles. The van der Waals surface area contributed by atoms with Gasteiger partial charge >= 0.3 is 0 Å². The van der Waals surface area contributed by atoms with Crippen molar-refractivity contribution in [1.82, 2.24) is 19.0 Å². The molecule has 0 amide bonds. The highest BCUT2D eigenvalue weighted by atomic mass is 32.2. The van der Waals surface area contributed by atoms with E-state index in [0.29, 0.717) is 12.5 Å². The Kier molecular flexibility index (Phi) is 5.68. The smallest absolute Gasteiger partial charge is 0.279 e. The van der Waals surface area contributed by atoms with Crippen LogP contribution >= 0.6 is 0 Å². The molecule has 1 atom stereocenters. The van der Waals surface area contributed by atoms with Crippen LogP contribution in [0.2, 0.25) is 0 Å². The zero-order valence-corrected chi connectivity index (χ0v) is 15.1. The third-order valence-electron chi connectivity index (χ3n) is 5.04. The van der Waals surface area contributed by atoms with Gasteiger partial charge in [-0.15, -0.1) is 0 Å². The lowest BCUT2D eigenvalue weighted by Gasteiger charge is -2.35. The summed E-state index contributed by atoms with van der Waals surface area (Å²) >= 11 is 0. The number of piperidine rings is 1. The summed E-state index contributed by atoms with van der Waals surface area (Å²) in [5.41, 5.74) is 0. The number of hydrogen-bond acceptors (Lipinski definition) is 5. The van der Waals surface area contributed by atoms with E-state index in [2.05, 4.69) is 19.6 Å². The first-order valence-corrected chi connectivity index (χ1v) is 10.3. The second kappa shape index (κ2) is 7.76. The molecule has 0 aromatic carbocycles. The van der Waals surface area contributed by atoms with Crippen molar-refractivity contribution in [3.63, 3.8) is 0 Å². The van der Waals surface area contributed by atoms with Gasteiger partial charge in [-0.2, -0.15) is 17.4 Å². The second-order valence-corrected chi connectivity index (χ2v) is 8.53. The number of hydrogen-bond donors (Lipinski definition) is 1. The third-order valence-corrected chi connectivity index (χ3v) is 6.73. The molecule has 1 saturated heterocycles. The molecule has 2 heterocycles. The monoisotopic (exact) mass is 353 g/mol. The number of aromatic nitrogens is 2. The van der Waals surface area contributed by atoms with Gasteiger partial charge in [0, 0.05) is 44.6 Å². The van der Waals surface area contributed by atoms with Crippen molar-refractivity contribution >= 4 is 16.2 Å². The molecule has 134 valence electrons. The van der Waals surface area contributed by atoms with Crippen LogP contribution in [0.3, 0.4) is 0 Å². The highest BCUT2D eigenvalue weighted by Crippen LogP contribution is 2.24. The second-order valence-electron chi connectivity index (χ2n) is 6.76. The van der Waals surface area contributed by atoms with Crippen LogP contribution in [-0.4, -0.2) is 54.9 Å². The average Bonchev–Trinajstić information content (AvgIpc) is 2.62. The highest BCUT2D eigenvalue weighted by Gasteiger charge is 2.31. The van der Waals surface area contributed by atoms with Gasteiger partial charge in [0.2, 0.25) is 5.95 Å². The minimum absolute atomic E-state index is 0.0985. The van der Waals surface area contributed by atoms with Crippen molar-refractivity contribution in [2.75, 3.05) is 25.0 Å². The summed E-state index contributed by atoms with van der Waals surface area (Å²) in [4.78, 5) is 10.6. The molecule has 0 bridgehead atoms. The van der Waals surface area contributed by atoms with Crippen LogP contribution in [0.15, 0.2) is 18.5 Å². The van der Waals surface area contributed by atoms with Gasteiger partial charge in [-0.25, -0.2) is 9.97 Å². The molecule has 2 aliphatic rings. The number of anilines is 1. The summed E-state index contributed by atoms with van der Waals surface area (Å²) in [5, 5.41) is 0. The molecule has 0 spiro atoms. The van der Waals surface area contributed by atoms with Crippen molar-refractivity contribution in [3.05, 3.63) is 18.5 Å². The first kappa shape index (κ1) is 17.6. The molecule has 1 aromatic rings. The van der Waals surface area contributed by atoms with Crippen LogP contribution < -0.4 is 9.62 Å². The molecule has 0 radical (unpaired) electrons. The number of rotatable bonds is 5. The predicted octanol–water partition coefficient (Wildman–Crippen LogP) is 1.54. The molecule has 0 unspecified atom stereocenters. The van der Waals surface area contributed by atoms with Crippen LogP contribution in [-0.2, 0) is 10.2 Å². The van der Waals surface area contributed by atoms with Gasteiger partial charge in [-0.1, -0.05) is 19.3 Å². The molecule has 8 heteroatoms. The van der Waals surface area contributed by atoms with E-state index in [1.54, 1.807) is 29.8 Å². The Hall–Kier alpha value is -1.25. The van der Waals surface area contributed by atoms with E-state index < -0.39 is 10.2 Å². The molecular weight excluding hydrogens is 326 g/mol. The first-order valence-electron chi connectivity index (χ1n) is 8.83. The molecule has 3 rings (SSSR count). The SMILES string of the molecule is CN(C1CCCCC1)S(=O)(=O)N[C@H]1CCCN(c2ncccn2)C1. The van der Waals surface area contributed by atoms with E-state index in [-0.39, 0.29) is 12.1 Å². The van der Waals surface area contributed by atoms with Crippen molar-refractivity contribution in [2.24, 2.45) is 0 Å². The molecule has 1 aromatic heterocycles.